The lowest BCUT2D eigenvalue weighted by molar-refractivity contribution is -0.137. The standard InChI is InChI=1S/C31H34Br2F3N3O3S/c1-30(2,3)37-18-19-10-11-26-20(12-19)6-4-9-27(26)38-29(40)17-28(21-13-23(32)16-24(33)14-21)39-43(41,42)25-8-5-7-22(15-25)31(34,35)36/h5,7-8,10-16,27-28,37,39H,4,6,9,17-18H2,1-3H3,(H,38,40). The Hall–Kier alpha value is -2.25. The average Bonchev–Trinajstić information content (AvgIpc) is 2.90. The molecule has 0 aliphatic heterocycles. The van der Waals surface area contributed by atoms with Gasteiger partial charge >= 0.3 is 6.18 Å². The zero-order valence-corrected chi connectivity index (χ0v) is 28.0. The average molecular weight is 746 g/mol. The van der Waals surface area contributed by atoms with Crippen LogP contribution in [0.1, 0.15) is 79.9 Å². The van der Waals surface area contributed by atoms with E-state index in [0.29, 0.717) is 20.6 Å². The number of sulfonamides is 1. The van der Waals surface area contributed by atoms with E-state index in [0.717, 1.165) is 55.1 Å². The second-order valence-electron chi connectivity index (χ2n) is 11.8. The molecule has 1 aliphatic carbocycles. The molecule has 6 nitrogen and oxygen atoms in total. The number of carbonyl (C=O) groups is 1. The highest BCUT2D eigenvalue weighted by atomic mass is 79.9. The van der Waals surface area contributed by atoms with Crippen LogP contribution in [0, 0.1) is 0 Å². The minimum Gasteiger partial charge on any atom is -0.349 e. The van der Waals surface area contributed by atoms with Gasteiger partial charge in [0, 0.05) is 27.4 Å². The van der Waals surface area contributed by atoms with Crippen molar-refractivity contribution in [3.63, 3.8) is 0 Å². The van der Waals surface area contributed by atoms with E-state index < -0.39 is 32.7 Å². The smallest absolute Gasteiger partial charge is 0.349 e. The van der Waals surface area contributed by atoms with Crippen LogP contribution < -0.4 is 15.4 Å². The van der Waals surface area contributed by atoms with Crippen molar-refractivity contribution in [3.8, 4) is 0 Å². The van der Waals surface area contributed by atoms with E-state index in [2.05, 4.69) is 74.1 Å². The molecule has 0 saturated heterocycles. The highest BCUT2D eigenvalue weighted by Crippen LogP contribution is 2.33. The van der Waals surface area contributed by atoms with Gasteiger partial charge in [0.05, 0.1) is 22.5 Å². The normalized spacial score (nSPS) is 16.4. The molecule has 0 spiro atoms. The van der Waals surface area contributed by atoms with Gasteiger partial charge in [0.2, 0.25) is 15.9 Å². The lowest BCUT2D eigenvalue weighted by atomic mass is 9.86. The number of hydrogen-bond donors (Lipinski definition) is 3. The predicted octanol–water partition coefficient (Wildman–Crippen LogP) is 7.72. The number of hydrogen-bond acceptors (Lipinski definition) is 4. The Bertz CT molecular complexity index is 1570. The SMILES string of the molecule is CC(C)(C)NCc1ccc2c(c1)CCCC2NC(=O)CC(NS(=O)(=O)c1cccc(C(F)(F)F)c1)c1cc(Br)cc(Br)c1. The molecule has 0 bridgehead atoms. The summed E-state index contributed by atoms with van der Waals surface area (Å²) in [5.74, 6) is -0.385. The van der Waals surface area contributed by atoms with Crippen LogP contribution in [0.25, 0.3) is 0 Å². The van der Waals surface area contributed by atoms with E-state index in [1.807, 2.05) is 12.1 Å². The van der Waals surface area contributed by atoms with Gasteiger partial charge in [-0.25, -0.2) is 13.1 Å². The Labute approximate surface area is 267 Å². The van der Waals surface area contributed by atoms with Crippen LogP contribution in [-0.2, 0) is 34.0 Å². The Morgan fingerprint density at radius 2 is 1.70 bits per heavy atom. The largest absolute Gasteiger partial charge is 0.416 e. The molecule has 0 heterocycles. The van der Waals surface area contributed by atoms with Crippen LogP contribution in [0.3, 0.4) is 0 Å². The van der Waals surface area contributed by atoms with Gasteiger partial charge in [-0.1, -0.05) is 56.1 Å². The van der Waals surface area contributed by atoms with Gasteiger partial charge in [-0.2, -0.15) is 13.2 Å². The molecule has 1 aliphatic rings. The molecular weight excluding hydrogens is 711 g/mol. The van der Waals surface area contributed by atoms with E-state index >= 15 is 0 Å². The Morgan fingerprint density at radius 1 is 1.00 bits per heavy atom. The second kappa shape index (κ2) is 13.4. The van der Waals surface area contributed by atoms with E-state index in [9.17, 15) is 26.4 Å². The van der Waals surface area contributed by atoms with Gasteiger partial charge in [0.1, 0.15) is 0 Å². The van der Waals surface area contributed by atoms with E-state index in [-0.39, 0.29) is 23.9 Å². The quantitative estimate of drug-likeness (QED) is 0.210. The molecule has 4 rings (SSSR count). The number of halogens is 5. The molecule has 1 amide bonds. The van der Waals surface area contributed by atoms with Crippen LogP contribution in [0.5, 0.6) is 0 Å². The minimum absolute atomic E-state index is 0.0183. The summed E-state index contributed by atoms with van der Waals surface area (Å²) in [7, 11) is -4.43. The molecule has 0 fully saturated rings. The summed E-state index contributed by atoms with van der Waals surface area (Å²) in [6.07, 6.45) is -2.45. The predicted molar refractivity (Wildman–Crippen MR) is 168 cm³/mol. The van der Waals surface area contributed by atoms with Crippen LogP contribution in [-0.4, -0.2) is 19.9 Å². The summed E-state index contributed by atoms with van der Waals surface area (Å²) in [6, 6.07) is 13.6. The van der Waals surface area contributed by atoms with Gasteiger partial charge in [0.25, 0.3) is 0 Å². The zero-order chi connectivity index (χ0) is 31.6. The Morgan fingerprint density at radius 3 is 2.35 bits per heavy atom. The molecule has 2 atom stereocenters. The van der Waals surface area contributed by atoms with Crippen molar-refractivity contribution in [1.29, 1.82) is 0 Å². The number of benzene rings is 3. The van der Waals surface area contributed by atoms with Crippen molar-refractivity contribution in [2.45, 2.75) is 81.7 Å². The highest BCUT2D eigenvalue weighted by Gasteiger charge is 2.33. The van der Waals surface area contributed by atoms with Gasteiger partial charge < -0.3 is 10.6 Å². The van der Waals surface area contributed by atoms with Gasteiger partial charge in [0.15, 0.2) is 0 Å². The van der Waals surface area contributed by atoms with Gasteiger partial charge in [-0.15, -0.1) is 0 Å². The van der Waals surface area contributed by atoms with Gasteiger partial charge in [-0.3, -0.25) is 4.79 Å². The number of carbonyl (C=O) groups excluding carboxylic acids is 1. The first-order valence-electron chi connectivity index (χ1n) is 13.8. The van der Waals surface area contributed by atoms with Crippen LogP contribution in [0.4, 0.5) is 13.2 Å². The number of alkyl halides is 3. The van der Waals surface area contributed by atoms with Crippen molar-refractivity contribution in [3.05, 3.63) is 97.4 Å². The molecule has 232 valence electrons. The molecular formula is C31H34Br2F3N3O3S. The number of nitrogens with one attached hydrogen (secondary N) is 3. The monoisotopic (exact) mass is 743 g/mol. The number of fused-ring (bicyclic) bond motifs is 1. The second-order valence-corrected chi connectivity index (χ2v) is 15.3. The first-order valence-corrected chi connectivity index (χ1v) is 16.9. The summed E-state index contributed by atoms with van der Waals surface area (Å²) in [6.45, 7) is 7.05. The van der Waals surface area contributed by atoms with Gasteiger partial charge in [-0.05, 0) is 98.7 Å². The number of amides is 1. The fraction of sp³-hybridized carbons (Fsp3) is 0.387. The number of aryl methyl sites for hydroxylation is 1. The van der Waals surface area contributed by atoms with Crippen LogP contribution >= 0.6 is 31.9 Å². The van der Waals surface area contributed by atoms with Crippen LogP contribution in [0.2, 0.25) is 0 Å². The summed E-state index contributed by atoms with van der Waals surface area (Å²) in [5.41, 5.74) is 2.73. The minimum atomic E-state index is -4.71. The topological polar surface area (TPSA) is 87.3 Å². The third-order valence-electron chi connectivity index (χ3n) is 7.13. The molecule has 3 N–H and O–H groups in total. The molecule has 43 heavy (non-hydrogen) atoms. The third-order valence-corrected chi connectivity index (χ3v) is 9.51. The fourth-order valence-corrected chi connectivity index (χ4v) is 7.63. The lowest BCUT2D eigenvalue weighted by Gasteiger charge is -2.28. The molecule has 3 aromatic rings. The van der Waals surface area contributed by atoms with Crippen molar-refractivity contribution in [2.75, 3.05) is 0 Å². The Balaban J connectivity index is 1.56. The Kier molecular flexibility index (Phi) is 10.5. The van der Waals surface area contributed by atoms with Crippen molar-refractivity contribution in [1.82, 2.24) is 15.4 Å². The lowest BCUT2D eigenvalue weighted by Crippen LogP contribution is -2.36. The molecule has 3 aromatic carbocycles. The summed E-state index contributed by atoms with van der Waals surface area (Å²) < 4.78 is 70.3. The van der Waals surface area contributed by atoms with E-state index in [1.54, 1.807) is 18.2 Å². The highest BCUT2D eigenvalue weighted by molar-refractivity contribution is 9.11. The zero-order valence-electron chi connectivity index (χ0n) is 24.0. The van der Waals surface area contributed by atoms with Crippen molar-refractivity contribution < 1.29 is 26.4 Å². The maximum Gasteiger partial charge on any atom is 0.416 e. The maximum absolute atomic E-state index is 13.4. The summed E-state index contributed by atoms with van der Waals surface area (Å²) in [4.78, 5) is 12.9. The van der Waals surface area contributed by atoms with E-state index in [4.69, 9.17) is 0 Å². The first kappa shape index (κ1) is 33.6. The molecule has 2 unspecified atom stereocenters. The van der Waals surface area contributed by atoms with E-state index in [1.165, 1.54) is 5.56 Å². The first-order chi connectivity index (χ1) is 20.0. The molecule has 0 saturated carbocycles. The third kappa shape index (κ3) is 9.37. The fourth-order valence-electron chi connectivity index (χ4n) is 5.03. The molecule has 0 radical (unpaired) electrons. The summed E-state index contributed by atoms with van der Waals surface area (Å²) in [5, 5.41) is 6.56. The molecule has 12 heteroatoms. The van der Waals surface area contributed by atoms with Crippen LogP contribution in [0.15, 0.2) is 74.5 Å². The molecule has 0 aromatic heterocycles. The van der Waals surface area contributed by atoms with Crippen molar-refractivity contribution in [2.24, 2.45) is 0 Å². The van der Waals surface area contributed by atoms with Crippen molar-refractivity contribution >= 4 is 47.8 Å². The maximum atomic E-state index is 13.4. The number of rotatable bonds is 9. The summed E-state index contributed by atoms with van der Waals surface area (Å²) >= 11 is 6.78.